The van der Waals surface area contributed by atoms with Crippen molar-refractivity contribution in [1.29, 1.82) is 0 Å². The largest absolute Gasteiger partial charge is 0.478 e. The Bertz CT molecular complexity index is 1300. The van der Waals surface area contributed by atoms with Gasteiger partial charge in [-0.1, -0.05) is 12.1 Å². The fraction of sp³-hybridized carbons (Fsp3) is 0.429. The van der Waals surface area contributed by atoms with E-state index in [1.807, 2.05) is 0 Å². The van der Waals surface area contributed by atoms with Gasteiger partial charge in [0, 0.05) is 24.3 Å². The van der Waals surface area contributed by atoms with E-state index in [2.05, 4.69) is 30.6 Å². The summed E-state index contributed by atoms with van der Waals surface area (Å²) < 4.78 is 94.3. The molecule has 0 spiro atoms. The summed E-state index contributed by atoms with van der Waals surface area (Å²) in [5, 5.41) is 4.88. The van der Waals surface area contributed by atoms with Crippen LogP contribution in [0.3, 0.4) is 0 Å². The van der Waals surface area contributed by atoms with Gasteiger partial charge in [-0.2, -0.15) is 36.3 Å². The number of unbranched alkanes of at least 4 members (excludes halogenated alkanes) is 2. The lowest BCUT2D eigenvalue weighted by Crippen LogP contribution is -2.26. The fourth-order valence-corrected chi connectivity index (χ4v) is 3.16. The summed E-state index contributed by atoms with van der Waals surface area (Å²) in [6.45, 7) is -2.35. The number of hydrogen-bond donors (Lipinski definition) is 4. The number of halogens is 6. The molecule has 0 saturated heterocycles. The molecule has 0 saturated carbocycles. The Balaban J connectivity index is 1.54. The van der Waals surface area contributed by atoms with E-state index in [9.17, 15) is 35.9 Å². The lowest BCUT2D eigenvalue weighted by atomic mass is 10.3. The number of nitrogens with two attached hydrogens (primary N) is 2. The van der Waals surface area contributed by atoms with E-state index in [1.165, 1.54) is 24.3 Å². The van der Waals surface area contributed by atoms with Gasteiger partial charge in [-0.3, -0.25) is 0 Å². The Morgan fingerprint density at radius 2 is 1.04 bits per heavy atom. The number of alkyl halides is 6. The van der Waals surface area contributed by atoms with E-state index in [-0.39, 0.29) is 49.8 Å². The van der Waals surface area contributed by atoms with Crippen LogP contribution < -0.4 is 31.6 Å². The highest BCUT2D eigenvalue weighted by atomic mass is 19.4. The van der Waals surface area contributed by atoms with Crippen LogP contribution in [0, 0.1) is 0 Å². The highest BCUT2D eigenvalue weighted by Crippen LogP contribution is 2.16. The molecule has 0 radical (unpaired) electrons. The molecule has 6 N–H and O–H groups in total. The van der Waals surface area contributed by atoms with Crippen molar-refractivity contribution < 1.29 is 54.9 Å². The van der Waals surface area contributed by atoms with Gasteiger partial charge in [-0.05, 0) is 37.8 Å². The zero-order valence-electron chi connectivity index (χ0n) is 25.4. The minimum Gasteiger partial charge on any atom is -0.478 e. The number of guanidine groups is 2. The van der Waals surface area contributed by atoms with Crippen LogP contribution in [0.4, 0.5) is 38.0 Å². The molecule has 2 aromatic rings. The zero-order valence-corrected chi connectivity index (χ0v) is 25.4. The van der Waals surface area contributed by atoms with Gasteiger partial charge in [-0.25, -0.2) is 19.6 Å². The van der Waals surface area contributed by atoms with Crippen molar-refractivity contribution in [3.63, 3.8) is 0 Å². The predicted molar refractivity (Wildman–Crippen MR) is 161 cm³/mol. The SMILES string of the molecule is NC(=NCC(F)(F)F)Nc1cccc(OCCCCOC(=O)/C=C\C(=O)OCCCCOc2cccc(NC(N)=NCC(F)(F)F)n2)n1. The van der Waals surface area contributed by atoms with E-state index in [1.54, 1.807) is 12.1 Å². The number of pyridine rings is 2. The number of ether oxygens (including phenoxy) is 4. The van der Waals surface area contributed by atoms with E-state index in [0.29, 0.717) is 25.7 Å². The molecule has 264 valence electrons. The van der Waals surface area contributed by atoms with Gasteiger partial charge in [0.15, 0.2) is 11.9 Å². The van der Waals surface area contributed by atoms with Crippen LogP contribution in [0.25, 0.3) is 0 Å². The van der Waals surface area contributed by atoms with E-state index in [0.717, 1.165) is 12.2 Å². The third-order valence-corrected chi connectivity index (χ3v) is 5.24. The van der Waals surface area contributed by atoms with Crippen LogP contribution in [0.15, 0.2) is 58.5 Å². The van der Waals surface area contributed by atoms with Crippen LogP contribution in [-0.4, -0.2) is 85.7 Å². The maximum atomic E-state index is 12.2. The Kier molecular flexibility index (Phi) is 16.2. The van der Waals surface area contributed by atoms with E-state index in [4.69, 9.17) is 30.4 Å². The number of nitrogens with one attached hydrogen (secondary N) is 2. The molecule has 48 heavy (non-hydrogen) atoms. The first kappa shape index (κ1) is 38.9. The molecular weight excluding hydrogens is 658 g/mol. The molecule has 0 fully saturated rings. The Morgan fingerprint density at radius 1 is 0.667 bits per heavy atom. The summed E-state index contributed by atoms with van der Waals surface area (Å²) in [5.41, 5.74) is 10.8. The number of aliphatic imine (C=N–C) groups is 2. The van der Waals surface area contributed by atoms with Crippen molar-refractivity contribution in [2.24, 2.45) is 21.5 Å². The van der Waals surface area contributed by atoms with Crippen molar-refractivity contribution in [3.05, 3.63) is 48.6 Å². The number of aromatic nitrogens is 2. The molecule has 14 nitrogen and oxygen atoms in total. The monoisotopic (exact) mass is 692 g/mol. The first-order chi connectivity index (χ1) is 22.7. The van der Waals surface area contributed by atoms with Gasteiger partial charge in [0.1, 0.15) is 24.7 Å². The second-order valence-corrected chi connectivity index (χ2v) is 9.38. The highest BCUT2D eigenvalue weighted by molar-refractivity contribution is 5.92. The first-order valence-corrected chi connectivity index (χ1v) is 14.2. The molecule has 0 aliphatic heterocycles. The second kappa shape index (κ2) is 20.0. The van der Waals surface area contributed by atoms with Crippen LogP contribution in [0.1, 0.15) is 25.7 Å². The number of carbonyl (C=O) groups excluding carboxylic acids is 2. The molecule has 2 aromatic heterocycles. The Hall–Kier alpha value is -5.30. The molecule has 0 aliphatic rings. The van der Waals surface area contributed by atoms with Gasteiger partial charge < -0.3 is 41.0 Å². The van der Waals surface area contributed by atoms with Gasteiger partial charge >= 0.3 is 24.3 Å². The van der Waals surface area contributed by atoms with Crippen LogP contribution in [0.5, 0.6) is 11.8 Å². The average molecular weight is 693 g/mol. The van der Waals surface area contributed by atoms with Crippen molar-refractivity contribution in [2.75, 3.05) is 50.2 Å². The molecule has 2 heterocycles. The molecule has 0 unspecified atom stereocenters. The third-order valence-electron chi connectivity index (χ3n) is 5.24. The molecule has 2 rings (SSSR count). The van der Waals surface area contributed by atoms with Crippen LogP contribution in [-0.2, 0) is 19.1 Å². The lowest BCUT2D eigenvalue weighted by molar-refractivity contribution is -0.140. The molecule has 0 atom stereocenters. The fourth-order valence-electron chi connectivity index (χ4n) is 3.16. The standard InChI is InChI=1S/C28H34F6N8O6/c29-27(30,31)17-37-25(35)41-19-7-5-9-21(39-19)45-13-1-3-15-47-23(43)11-12-24(44)48-16-4-2-14-46-22-10-6-8-20(40-22)42-26(36)38-18-28(32,33)34/h5-12H,1-4,13-18H2,(H3,35,37,39,41)(H3,36,38,40,42)/b12-11-. The summed E-state index contributed by atoms with van der Waals surface area (Å²) in [7, 11) is 0. The van der Waals surface area contributed by atoms with Gasteiger partial charge in [0.25, 0.3) is 0 Å². The maximum Gasteiger partial charge on any atom is 0.408 e. The van der Waals surface area contributed by atoms with Crippen molar-refractivity contribution in [2.45, 2.75) is 38.0 Å². The van der Waals surface area contributed by atoms with Gasteiger partial charge in [0.05, 0.1) is 26.4 Å². The summed E-state index contributed by atoms with van der Waals surface area (Å²) in [6.07, 6.45) is -5.29. The Labute approximate surface area is 270 Å². The van der Waals surface area contributed by atoms with Crippen LogP contribution >= 0.6 is 0 Å². The number of anilines is 2. The zero-order chi connectivity index (χ0) is 35.4. The Morgan fingerprint density at radius 3 is 1.42 bits per heavy atom. The van der Waals surface area contributed by atoms with Crippen molar-refractivity contribution >= 4 is 35.5 Å². The number of esters is 2. The number of rotatable bonds is 18. The van der Waals surface area contributed by atoms with Crippen molar-refractivity contribution in [3.8, 4) is 11.8 Å². The summed E-state index contributed by atoms with van der Waals surface area (Å²) in [4.78, 5) is 38.1. The maximum absolute atomic E-state index is 12.2. The lowest BCUT2D eigenvalue weighted by Gasteiger charge is -2.09. The first-order valence-electron chi connectivity index (χ1n) is 14.2. The molecule has 0 bridgehead atoms. The summed E-state index contributed by atoms with van der Waals surface area (Å²) in [5.74, 6) is -1.74. The second-order valence-electron chi connectivity index (χ2n) is 9.38. The topological polar surface area (TPSA) is 198 Å². The number of carbonyl (C=O) groups is 2. The molecule has 20 heteroatoms. The molecule has 0 amide bonds. The minimum atomic E-state index is -4.48. The molecule has 0 aromatic carbocycles. The van der Waals surface area contributed by atoms with Crippen molar-refractivity contribution in [1.82, 2.24) is 9.97 Å². The number of hydrogen-bond acceptors (Lipinski definition) is 10. The van der Waals surface area contributed by atoms with E-state index < -0.39 is 49.3 Å². The predicted octanol–water partition coefficient (Wildman–Crippen LogP) is 3.72. The quantitative estimate of drug-likeness (QED) is 0.0442. The third kappa shape index (κ3) is 19.3. The van der Waals surface area contributed by atoms with Crippen LogP contribution in [0.2, 0.25) is 0 Å². The normalized spacial score (nSPS) is 12.5. The van der Waals surface area contributed by atoms with E-state index >= 15 is 0 Å². The number of nitrogens with zero attached hydrogens (tertiary/aromatic N) is 4. The van der Waals surface area contributed by atoms with Gasteiger partial charge in [0.2, 0.25) is 11.8 Å². The van der Waals surface area contributed by atoms with Gasteiger partial charge in [-0.15, -0.1) is 0 Å². The molecular formula is C28H34F6N8O6. The molecule has 0 aliphatic carbocycles. The minimum absolute atomic E-state index is 0.0513. The smallest absolute Gasteiger partial charge is 0.408 e. The highest BCUT2D eigenvalue weighted by Gasteiger charge is 2.27. The summed E-state index contributed by atoms with van der Waals surface area (Å²) in [6, 6.07) is 9.12. The average Bonchev–Trinajstić information content (AvgIpc) is 3.01. The summed E-state index contributed by atoms with van der Waals surface area (Å²) >= 11 is 0.